The highest BCUT2D eigenvalue weighted by atomic mass is 32.2. The number of likely N-dealkylation sites (tertiary alicyclic amines) is 1. The van der Waals surface area contributed by atoms with Gasteiger partial charge < -0.3 is 14.8 Å². The lowest BCUT2D eigenvalue weighted by atomic mass is 10.2. The molecule has 0 aliphatic carbocycles. The van der Waals surface area contributed by atoms with E-state index in [2.05, 4.69) is 11.4 Å². The summed E-state index contributed by atoms with van der Waals surface area (Å²) in [7, 11) is 0. The average molecular weight is 408 g/mol. The Hall–Kier alpha value is -2.73. The summed E-state index contributed by atoms with van der Waals surface area (Å²) < 4.78 is 2.01. The van der Waals surface area contributed by atoms with Gasteiger partial charge in [-0.25, -0.2) is 0 Å². The molecule has 1 fully saturated rings. The molecule has 0 spiro atoms. The highest BCUT2D eigenvalue weighted by Crippen LogP contribution is 2.30. The van der Waals surface area contributed by atoms with E-state index in [-0.39, 0.29) is 11.8 Å². The van der Waals surface area contributed by atoms with E-state index in [4.69, 9.17) is 0 Å². The van der Waals surface area contributed by atoms with Gasteiger partial charge in [-0.1, -0.05) is 48.5 Å². The van der Waals surface area contributed by atoms with Crippen molar-refractivity contribution in [2.75, 3.05) is 18.8 Å². The molecule has 4 rings (SSSR count). The summed E-state index contributed by atoms with van der Waals surface area (Å²) in [5.74, 6) is 0.519. The fourth-order valence-electron chi connectivity index (χ4n) is 3.66. The minimum Gasteiger partial charge on any atom is -0.351 e. The summed E-state index contributed by atoms with van der Waals surface area (Å²) >= 11 is 1.52. The molecule has 0 bridgehead atoms. The molecule has 1 saturated heterocycles. The Morgan fingerprint density at radius 2 is 1.69 bits per heavy atom. The van der Waals surface area contributed by atoms with Gasteiger partial charge in [-0.05, 0) is 24.5 Å². The Labute approximate surface area is 175 Å². The Balaban J connectivity index is 1.40. The molecule has 2 aromatic carbocycles. The van der Waals surface area contributed by atoms with E-state index in [1.54, 1.807) is 0 Å². The highest BCUT2D eigenvalue weighted by Gasteiger charge is 2.19. The second-order valence-corrected chi connectivity index (χ2v) is 8.29. The zero-order valence-corrected chi connectivity index (χ0v) is 17.2. The maximum absolute atomic E-state index is 12.6. The lowest BCUT2D eigenvalue weighted by molar-refractivity contribution is -0.130. The number of fused-ring (bicyclic) bond motifs is 1. The Morgan fingerprint density at radius 3 is 2.48 bits per heavy atom. The van der Waals surface area contributed by atoms with E-state index in [0.29, 0.717) is 18.8 Å². The van der Waals surface area contributed by atoms with Crippen LogP contribution >= 0.6 is 11.8 Å². The van der Waals surface area contributed by atoms with Crippen molar-refractivity contribution in [3.63, 3.8) is 0 Å². The van der Waals surface area contributed by atoms with Gasteiger partial charge in [0.1, 0.15) is 6.54 Å². The summed E-state index contributed by atoms with van der Waals surface area (Å²) in [5.41, 5.74) is 2.12. The molecule has 3 aromatic rings. The number of para-hydroxylation sites is 1. The third-order valence-corrected chi connectivity index (χ3v) is 6.25. The van der Waals surface area contributed by atoms with Crippen molar-refractivity contribution in [1.29, 1.82) is 0 Å². The first-order chi connectivity index (χ1) is 14.2. The molecule has 2 heterocycles. The highest BCUT2D eigenvalue weighted by molar-refractivity contribution is 8.00. The number of hydrogen-bond donors (Lipinski definition) is 1. The molecule has 0 unspecified atom stereocenters. The number of nitrogens with one attached hydrogen (secondary N) is 1. The first kappa shape index (κ1) is 19.6. The van der Waals surface area contributed by atoms with Crippen LogP contribution in [0.15, 0.2) is 65.7 Å². The molecule has 150 valence electrons. The Kier molecular flexibility index (Phi) is 6.20. The minimum atomic E-state index is 0.00354. The standard InChI is InChI=1S/C23H25N3O2S/c27-22(24-14-18-8-2-1-3-9-18)17-29-21-15-26(20-11-5-4-10-19(20)21)16-23(28)25-12-6-7-13-25/h1-5,8-11,15H,6-7,12-14,16-17H2,(H,24,27). The Bertz CT molecular complexity index is 994. The van der Waals surface area contributed by atoms with E-state index < -0.39 is 0 Å². The van der Waals surface area contributed by atoms with Crippen LogP contribution in [-0.4, -0.2) is 40.1 Å². The summed E-state index contributed by atoms with van der Waals surface area (Å²) in [6.45, 7) is 2.61. The number of carbonyl (C=O) groups excluding carboxylic acids is 2. The van der Waals surface area contributed by atoms with Gasteiger partial charge in [0.05, 0.1) is 5.75 Å². The molecule has 1 aromatic heterocycles. The summed E-state index contributed by atoms with van der Waals surface area (Å²) in [6, 6.07) is 18.0. The molecular weight excluding hydrogens is 382 g/mol. The van der Waals surface area contributed by atoms with Crippen molar-refractivity contribution in [1.82, 2.24) is 14.8 Å². The SMILES string of the molecule is O=C(CSc1cn(CC(=O)N2CCCC2)c2ccccc12)NCc1ccccc1. The van der Waals surface area contributed by atoms with Crippen LogP contribution in [0.25, 0.3) is 10.9 Å². The van der Waals surface area contributed by atoms with Crippen LogP contribution in [-0.2, 0) is 22.7 Å². The lowest BCUT2D eigenvalue weighted by Crippen LogP contribution is -2.30. The predicted molar refractivity (Wildman–Crippen MR) is 117 cm³/mol. The number of benzene rings is 2. The number of aromatic nitrogens is 1. The molecule has 1 aliphatic rings. The molecule has 0 saturated carbocycles. The molecule has 0 radical (unpaired) electrons. The van der Waals surface area contributed by atoms with Crippen LogP contribution in [0.5, 0.6) is 0 Å². The van der Waals surface area contributed by atoms with Gasteiger partial charge in [0.25, 0.3) is 0 Å². The van der Waals surface area contributed by atoms with Gasteiger partial charge >= 0.3 is 0 Å². The molecule has 6 heteroatoms. The molecule has 1 N–H and O–H groups in total. The van der Waals surface area contributed by atoms with Crippen molar-refractivity contribution in [2.24, 2.45) is 0 Å². The van der Waals surface area contributed by atoms with Crippen molar-refractivity contribution in [3.05, 3.63) is 66.4 Å². The van der Waals surface area contributed by atoms with Crippen molar-refractivity contribution >= 4 is 34.5 Å². The van der Waals surface area contributed by atoms with Crippen LogP contribution in [0.1, 0.15) is 18.4 Å². The molecule has 0 atom stereocenters. The van der Waals surface area contributed by atoms with Gasteiger partial charge in [0.15, 0.2) is 0 Å². The van der Waals surface area contributed by atoms with Crippen LogP contribution in [0.4, 0.5) is 0 Å². The van der Waals surface area contributed by atoms with E-state index in [1.807, 2.05) is 64.2 Å². The first-order valence-electron chi connectivity index (χ1n) is 10.00. The van der Waals surface area contributed by atoms with Crippen LogP contribution in [0, 0.1) is 0 Å². The Morgan fingerprint density at radius 1 is 0.966 bits per heavy atom. The van der Waals surface area contributed by atoms with Crippen LogP contribution in [0.2, 0.25) is 0 Å². The number of hydrogen-bond acceptors (Lipinski definition) is 3. The van der Waals surface area contributed by atoms with Crippen LogP contribution < -0.4 is 5.32 Å². The number of nitrogens with zero attached hydrogens (tertiary/aromatic N) is 2. The maximum Gasteiger partial charge on any atom is 0.242 e. The second-order valence-electron chi connectivity index (χ2n) is 7.28. The van der Waals surface area contributed by atoms with Gasteiger partial charge in [0, 0.05) is 41.6 Å². The summed E-state index contributed by atoms with van der Waals surface area (Å²) in [4.78, 5) is 27.8. The third-order valence-electron chi connectivity index (χ3n) is 5.21. The smallest absolute Gasteiger partial charge is 0.242 e. The van der Waals surface area contributed by atoms with Crippen molar-refractivity contribution in [2.45, 2.75) is 30.8 Å². The van der Waals surface area contributed by atoms with E-state index >= 15 is 0 Å². The fourth-order valence-corrected chi connectivity index (χ4v) is 4.58. The predicted octanol–water partition coefficient (Wildman–Crippen LogP) is 3.67. The van der Waals surface area contributed by atoms with E-state index in [9.17, 15) is 9.59 Å². The van der Waals surface area contributed by atoms with Gasteiger partial charge in [-0.2, -0.15) is 0 Å². The molecule has 2 amide bonds. The van der Waals surface area contributed by atoms with Gasteiger partial charge in [-0.3, -0.25) is 9.59 Å². The zero-order chi connectivity index (χ0) is 20.1. The number of amides is 2. The monoisotopic (exact) mass is 407 g/mol. The molecule has 29 heavy (non-hydrogen) atoms. The normalized spacial score (nSPS) is 13.7. The summed E-state index contributed by atoms with van der Waals surface area (Å²) in [6.07, 6.45) is 4.20. The van der Waals surface area contributed by atoms with Gasteiger partial charge in [0.2, 0.25) is 11.8 Å². The largest absolute Gasteiger partial charge is 0.351 e. The number of thioether (sulfide) groups is 1. The number of rotatable bonds is 7. The summed E-state index contributed by atoms with van der Waals surface area (Å²) in [5, 5.41) is 4.05. The minimum absolute atomic E-state index is 0.00354. The fraction of sp³-hybridized carbons (Fsp3) is 0.304. The lowest BCUT2D eigenvalue weighted by Gasteiger charge is -2.15. The van der Waals surface area contributed by atoms with Crippen molar-refractivity contribution in [3.8, 4) is 0 Å². The second kappa shape index (κ2) is 9.18. The van der Waals surface area contributed by atoms with E-state index in [0.717, 1.165) is 47.3 Å². The van der Waals surface area contributed by atoms with E-state index in [1.165, 1.54) is 11.8 Å². The molecule has 1 aliphatic heterocycles. The maximum atomic E-state index is 12.6. The zero-order valence-electron chi connectivity index (χ0n) is 16.3. The van der Waals surface area contributed by atoms with Crippen molar-refractivity contribution < 1.29 is 9.59 Å². The molecular formula is C23H25N3O2S. The van der Waals surface area contributed by atoms with Gasteiger partial charge in [-0.15, -0.1) is 11.8 Å². The average Bonchev–Trinajstić information content (AvgIpc) is 3.41. The van der Waals surface area contributed by atoms with Crippen LogP contribution in [0.3, 0.4) is 0 Å². The molecule has 5 nitrogen and oxygen atoms in total. The third kappa shape index (κ3) is 4.82. The topological polar surface area (TPSA) is 54.3 Å². The quantitative estimate of drug-likeness (QED) is 0.608. The number of carbonyl (C=O) groups is 2. The first-order valence-corrected chi connectivity index (χ1v) is 11.0.